The third kappa shape index (κ3) is 7.52. The van der Waals surface area contributed by atoms with Crippen molar-refractivity contribution >= 4 is 34.4 Å². The number of primary amides is 1. The van der Waals surface area contributed by atoms with Crippen LogP contribution < -0.4 is 21.8 Å². The number of hydrogen-bond donors (Lipinski definition) is 5. The fraction of sp³-hybridized carbons (Fsp3) is 0.481. The van der Waals surface area contributed by atoms with Crippen molar-refractivity contribution in [3.63, 3.8) is 0 Å². The van der Waals surface area contributed by atoms with Crippen molar-refractivity contribution < 1.29 is 24.4 Å². The van der Waals surface area contributed by atoms with Gasteiger partial charge in [-0.3, -0.25) is 24.4 Å². The number of benzene rings is 2. The highest BCUT2D eigenvalue weighted by Crippen LogP contribution is 2.28. The SMILES string of the molecule is CC(C)C[C@@H](CC(=O)NO)C(=O)N[C@](C)(C(=O)N[C@@H](CC(C)C)C(N)=O)c1ccc2ccccc2c1. The van der Waals surface area contributed by atoms with E-state index in [1.165, 1.54) is 0 Å². The smallest absolute Gasteiger partial charge is 0.250 e. The quantitative estimate of drug-likeness (QED) is 0.225. The van der Waals surface area contributed by atoms with E-state index in [1.54, 1.807) is 18.5 Å². The van der Waals surface area contributed by atoms with Crippen LogP contribution in [0.25, 0.3) is 10.8 Å². The summed E-state index contributed by atoms with van der Waals surface area (Å²) in [5.74, 6) is -3.08. The Bertz CT molecular complexity index is 1100. The Balaban J connectivity index is 2.51. The van der Waals surface area contributed by atoms with Crippen LogP contribution in [0.3, 0.4) is 0 Å². The summed E-state index contributed by atoms with van der Waals surface area (Å²) in [5, 5.41) is 16.4. The van der Waals surface area contributed by atoms with Crippen LogP contribution in [0.1, 0.15) is 59.4 Å². The summed E-state index contributed by atoms with van der Waals surface area (Å²) in [5.41, 5.74) is 6.06. The van der Waals surface area contributed by atoms with E-state index < -0.39 is 41.1 Å². The predicted molar refractivity (Wildman–Crippen MR) is 138 cm³/mol. The lowest BCUT2D eigenvalue weighted by molar-refractivity contribution is -0.139. The molecule has 9 nitrogen and oxygen atoms in total. The van der Waals surface area contributed by atoms with Gasteiger partial charge < -0.3 is 16.4 Å². The normalized spacial score (nSPS) is 14.7. The van der Waals surface area contributed by atoms with Gasteiger partial charge in [0.25, 0.3) is 5.91 Å². The van der Waals surface area contributed by atoms with Gasteiger partial charge in [-0.2, -0.15) is 0 Å². The number of carbonyl (C=O) groups is 4. The Kier molecular flexibility index (Phi) is 9.98. The molecule has 6 N–H and O–H groups in total. The first kappa shape index (κ1) is 28.8. The highest BCUT2D eigenvalue weighted by atomic mass is 16.5. The summed E-state index contributed by atoms with van der Waals surface area (Å²) in [6, 6.07) is 12.1. The van der Waals surface area contributed by atoms with Crippen LogP contribution in [0.5, 0.6) is 0 Å². The number of hydroxylamine groups is 1. The van der Waals surface area contributed by atoms with E-state index in [9.17, 15) is 19.2 Å². The molecule has 0 bridgehead atoms. The lowest BCUT2D eigenvalue weighted by Crippen LogP contribution is -2.59. The molecule has 0 fully saturated rings. The third-order valence-electron chi connectivity index (χ3n) is 6.19. The molecule has 0 saturated heterocycles. The van der Waals surface area contributed by atoms with Gasteiger partial charge in [0, 0.05) is 12.3 Å². The van der Waals surface area contributed by atoms with Gasteiger partial charge in [-0.25, -0.2) is 5.48 Å². The maximum absolute atomic E-state index is 13.7. The van der Waals surface area contributed by atoms with E-state index in [4.69, 9.17) is 10.9 Å². The minimum absolute atomic E-state index is 0.0817. The Morgan fingerprint density at radius 1 is 0.944 bits per heavy atom. The van der Waals surface area contributed by atoms with Crippen molar-refractivity contribution in [2.75, 3.05) is 0 Å². The van der Waals surface area contributed by atoms with E-state index in [2.05, 4.69) is 10.6 Å². The maximum Gasteiger partial charge on any atom is 0.250 e. The molecule has 2 aromatic rings. The summed E-state index contributed by atoms with van der Waals surface area (Å²) in [4.78, 5) is 51.1. The summed E-state index contributed by atoms with van der Waals surface area (Å²) in [6.45, 7) is 9.21. The lowest BCUT2D eigenvalue weighted by Gasteiger charge is -2.33. The molecule has 3 atom stereocenters. The van der Waals surface area contributed by atoms with Crippen LogP contribution in [0.15, 0.2) is 42.5 Å². The van der Waals surface area contributed by atoms with Gasteiger partial charge in [-0.1, -0.05) is 64.1 Å². The monoisotopic (exact) mass is 498 g/mol. The molecular weight excluding hydrogens is 460 g/mol. The number of carbonyl (C=O) groups excluding carboxylic acids is 4. The van der Waals surface area contributed by atoms with Crippen molar-refractivity contribution in [2.24, 2.45) is 23.5 Å². The van der Waals surface area contributed by atoms with Gasteiger partial charge in [-0.05, 0) is 54.0 Å². The molecule has 0 unspecified atom stereocenters. The van der Waals surface area contributed by atoms with Crippen LogP contribution in [0.4, 0.5) is 0 Å². The zero-order valence-electron chi connectivity index (χ0n) is 21.6. The molecule has 9 heteroatoms. The number of rotatable bonds is 12. The molecule has 0 saturated carbocycles. The zero-order valence-corrected chi connectivity index (χ0v) is 21.6. The van der Waals surface area contributed by atoms with Crippen molar-refractivity contribution in [3.05, 3.63) is 48.0 Å². The summed E-state index contributed by atoms with van der Waals surface area (Å²) in [6.07, 6.45) is 0.467. The van der Waals surface area contributed by atoms with Crippen molar-refractivity contribution in [1.29, 1.82) is 0 Å². The molecule has 0 aliphatic carbocycles. The van der Waals surface area contributed by atoms with Crippen molar-refractivity contribution in [3.8, 4) is 0 Å². The molecule has 4 amide bonds. The Hall–Kier alpha value is -3.46. The molecule has 2 aromatic carbocycles. The molecule has 36 heavy (non-hydrogen) atoms. The van der Waals surface area contributed by atoms with Gasteiger partial charge in [0.05, 0.1) is 0 Å². The topological polar surface area (TPSA) is 151 Å². The fourth-order valence-corrected chi connectivity index (χ4v) is 4.25. The predicted octanol–water partition coefficient (Wildman–Crippen LogP) is 2.75. The molecule has 2 rings (SSSR count). The zero-order chi connectivity index (χ0) is 27.0. The Morgan fingerprint density at radius 3 is 2.11 bits per heavy atom. The molecule has 0 spiro atoms. The first-order valence-corrected chi connectivity index (χ1v) is 12.2. The van der Waals surface area contributed by atoms with E-state index in [1.807, 2.05) is 64.1 Å². The third-order valence-corrected chi connectivity index (χ3v) is 6.19. The van der Waals surface area contributed by atoms with Gasteiger partial charge in [-0.15, -0.1) is 0 Å². The molecule has 0 heterocycles. The van der Waals surface area contributed by atoms with Crippen LogP contribution in [-0.2, 0) is 24.7 Å². The number of nitrogens with two attached hydrogens (primary N) is 1. The van der Waals surface area contributed by atoms with E-state index >= 15 is 0 Å². The van der Waals surface area contributed by atoms with Crippen LogP contribution >= 0.6 is 0 Å². The van der Waals surface area contributed by atoms with Crippen LogP contribution in [0, 0.1) is 17.8 Å². The number of nitrogens with one attached hydrogen (secondary N) is 3. The summed E-state index contributed by atoms with van der Waals surface area (Å²) >= 11 is 0. The van der Waals surface area contributed by atoms with Crippen LogP contribution in [-0.4, -0.2) is 34.9 Å². The molecule has 0 aliphatic heterocycles. The first-order chi connectivity index (χ1) is 16.9. The van der Waals surface area contributed by atoms with Crippen molar-refractivity contribution in [1.82, 2.24) is 16.1 Å². The average Bonchev–Trinajstić information content (AvgIpc) is 2.81. The van der Waals surface area contributed by atoms with Gasteiger partial charge >= 0.3 is 0 Å². The standard InChI is InChI=1S/C27H38N4O5/c1-16(2)12-20(15-23(32)31-36)25(34)30-27(5,26(35)29-22(24(28)33)13-17(3)4)21-11-10-18-8-6-7-9-19(18)14-21/h6-11,14,16-17,20,22,36H,12-13,15H2,1-5H3,(H2,28,33)(H,29,35)(H,30,34)(H,31,32)/t20-,22-,27-/m0/s1. The second-order valence-electron chi connectivity index (χ2n) is 10.3. The lowest BCUT2D eigenvalue weighted by atomic mass is 9.86. The number of hydrogen-bond acceptors (Lipinski definition) is 5. The van der Waals surface area contributed by atoms with Crippen LogP contribution in [0.2, 0.25) is 0 Å². The maximum atomic E-state index is 13.7. The van der Waals surface area contributed by atoms with E-state index in [0.717, 1.165) is 10.8 Å². The van der Waals surface area contributed by atoms with Gasteiger partial charge in [0.2, 0.25) is 17.7 Å². The Morgan fingerprint density at radius 2 is 1.56 bits per heavy atom. The number of fused-ring (bicyclic) bond motifs is 1. The molecule has 0 aromatic heterocycles. The minimum Gasteiger partial charge on any atom is -0.368 e. The Labute approximate surface area is 212 Å². The van der Waals surface area contributed by atoms with Crippen molar-refractivity contribution in [2.45, 2.75) is 65.5 Å². The fourth-order valence-electron chi connectivity index (χ4n) is 4.25. The van der Waals surface area contributed by atoms with Gasteiger partial charge in [0.15, 0.2) is 0 Å². The molecular formula is C27H38N4O5. The summed E-state index contributed by atoms with van der Waals surface area (Å²) in [7, 11) is 0. The number of amides is 4. The molecule has 0 aliphatic rings. The largest absolute Gasteiger partial charge is 0.368 e. The van der Waals surface area contributed by atoms with E-state index in [0.29, 0.717) is 18.4 Å². The molecule has 196 valence electrons. The minimum atomic E-state index is -1.57. The first-order valence-electron chi connectivity index (χ1n) is 12.2. The highest BCUT2D eigenvalue weighted by Gasteiger charge is 2.40. The van der Waals surface area contributed by atoms with E-state index in [-0.39, 0.29) is 18.3 Å². The second-order valence-corrected chi connectivity index (χ2v) is 10.3. The average molecular weight is 499 g/mol. The highest BCUT2D eigenvalue weighted by molar-refractivity contribution is 5.97. The second kappa shape index (κ2) is 12.5. The summed E-state index contributed by atoms with van der Waals surface area (Å²) < 4.78 is 0. The van der Waals surface area contributed by atoms with Gasteiger partial charge in [0.1, 0.15) is 11.6 Å². The molecule has 0 radical (unpaired) electrons.